The van der Waals surface area contributed by atoms with Gasteiger partial charge in [-0.3, -0.25) is 4.79 Å². The van der Waals surface area contributed by atoms with Crippen molar-refractivity contribution in [1.29, 1.82) is 0 Å². The van der Waals surface area contributed by atoms with E-state index in [1.807, 2.05) is 6.07 Å². The number of carbonyl (C=O) groups excluding carboxylic acids is 1. The van der Waals surface area contributed by atoms with Crippen LogP contribution in [0.2, 0.25) is 5.15 Å². The first kappa shape index (κ1) is 14.2. The van der Waals surface area contributed by atoms with Crippen LogP contribution in [0.15, 0.2) is 48.7 Å². The van der Waals surface area contributed by atoms with Gasteiger partial charge in [-0.1, -0.05) is 48.9 Å². The third-order valence-electron chi connectivity index (χ3n) is 2.20. The second-order valence-electron chi connectivity index (χ2n) is 3.47. The summed E-state index contributed by atoms with van der Waals surface area (Å²) in [5.74, 6) is 0. The molecular weight excluding hydrogens is 248 g/mol. The molecule has 1 aromatic carbocycles. The molecule has 0 aliphatic rings. The van der Waals surface area contributed by atoms with Crippen molar-refractivity contribution in [2.24, 2.45) is 0 Å². The minimum atomic E-state index is 0.413. The lowest BCUT2D eigenvalue weighted by Gasteiger charge is -1.94. The van der Waals surface area contributed by atoms with Gasteiger partial charge in [0.05, 0.1) is 11.9 Å². The molecule has 0 aliphatic heterocycles. The smallest absolute Gasteiger partial charge is 0.211 e. The van der Waals surface area contributed by atoms with Gasteiger partial charge in [0.2, 0.25) is 6.41 Å². The Morgan fingerprint density at radius 3 is 2.39 bits per heavy atom. The molecule has 2 aromatic rings. The third-order valence-corrected chi connectivity index (χ3v) is 2.43. The largest absolute Gasteiger partial charge is 0.327 e. The molecule has 94 valence electrons. The molecule has 2 rings (SSSR count). The number of nitrogens with zero attached hydrogens (tertiary/aromatic N) is 1. The molecule has 1 aromatic heterocycles. The zero-order valence-corrected chi connectivity index (χ0v) is 10.9. The summed E-state index contributed by atoms with van der Waals surface area (Å²) in [6.07, 6.45) is 3.21. The number of pyridine rings is 1. The molecule has 1 heterocycles. The van der Waals surface area contributed by atoms with Crippen molar-refractivity contribution in [2.45, 2.75) is 13.3 Å². The van der Waals surface area contributed by atoms with Crippen molar-refractivity contribution >= 4 is 23.7 Å². The lowest BCUT2D eigenvalue weighted by molar-refractivity contribution is -0.105. The highest BCUT2D eigenvalue weighted by atomic mass is 35.5. The van der Waals surface area contributed by atoms with E-state index in [4.69, 9.17) is 11.6 Å². The van der Waals surface area contributed by atoms with E-state index < -0.39 is 0 Å². The average Bonchev–Trinajstić information content (AvgIpc) is 2.43. The van der Waals surface area contributed by atoms with E-state index >= 15 is 0 Å². The SMILES string of the molecule is CCc1ccccc1.O=CNc1ccc(Cl)nc1. The van der Waals surface area contributed by atoms with Gasteiger partial charge in [-0.2, -0.15) is 0 Å². The van der Waals surface area contributed by atoms with Crippen LogP contribution in [0.3, 0.4) is 0 Å². The highest BCUT2D eigenvalue weighted by molar-refractivity contribution is 6.29. The van der Waals surface area contributed by atoms with Crippen molar-refractivity contribution in [3.63, 3.8) is 0 Å². The number of hydrogen-bond donors (Lipinski definition) is 1. The summed E-state index contributed by atoms with van der Waals surface area (Å²) in [4.78, 5) is 13.6. The Balaban J connectivity index is 0.000000184. The summed E-state index contributed by atoms with van der Waals surface area (Å²) in [7, 11) is 0. The summed E-state index contributed by atoms with van der Waals surface area (Å²) < 4.78 is 0. The average molecular weight is 263 g/mol. The second-order valence-corrected chi connectivity index (χ2v) is 3.86. The van der Waals surface area contributed by atoms with Crippen molar-refractivity contribution < 1.29 is 4.79 Å². The number of nitrogens with one attached hydrogen (secondary N) is 1. The predicted octanol–water partition coefficient (Wildman–Crippen LogP) is 3.55. The van der Waals surface area contributed by atoms with Crippen LogP contribution >= 0.6 is 11.6 Å². The molecule has 18 heavy (non-hydrogen) atoms. The zero-order chi connectivity index (χ0) is 13.2. The number of aryl methyl sites for hydroxylation is 1. The van der Waals surface area contributed by atoms with Gasteiger partial charge in [-0.05, 0) is 24.1 Å². The number of rotatable bonds is 3. The maximum absolute atomic E-state index is 9.89. The summed E-state index contributed by atoms with van der Waals surface area (Å²) >= 11 is 5.48. The minimum absolute atomic E-state index is 0.413. The number of anilines is 1. The molecule has 0 aliphatic carbocycles. The summed E-state index contributed by atoms with van der Waals surface area (Å²) in [5.41, 5.74) is 2.05. The molecule has 0 saturated carbocycles. The number of carbonyl (C=O) groups is 1. The molecule has 0 unspecified atom stereocenters. The Kier molecular flexibility index (Phi) is 6.51. The molecule has 1 amide bonds. The molecule has 1 N–H and O–H groups in total. The molecule has 0 atom stereocenters. The van der Waals surface area contributed by atoms with Crippen molar-refractivity contribution in [2.75, 3.05) is 5.32 Å². The van der Waals surface area contributed by atoms with Gasteiger partial charge in [0.15, 0.2) is 0 Å². The predicted molar refractivity (Wildman–Crippen MR) is 74.8 cm³/mol. The molecule has 0 saturated heterocycles. The van der Waals surface area contributed by atoms with E-state index in [1.54, 1.807) is 12.1 Å². The Morgan fingerprint density at radius 2 is 1.94 bits per heavy atom. The van der Waals surface area contributed by atoms with Gasteiger partial charge in [0.25, 0.3) is 0 Å². The first-order chi connectivity index (χ1) is 8.76. The van der Waals surface area contributed by atoms with Gasteiger partial charge in [0, 0.05) is 0 Å². The van der Waals surface area contributed by atoms with E-state index in [-0.39, 0.29) is 0 Å². The zero-order valence-electron chi connectivity index (χ0n) is 10.1. The fourth-order valence-corrected chi connectivity index (χ4v) is 1.35. The van der Waals surface area contributed by atoms with E-state index in [0.29, 0.717) is 17.3 Å². The van der Waals surface area contributed by atoms with Crippen LogP contribution in [0.4, 0.5) is 5.69 Å². The summed E-state index contributed by atoms with van der Waals surface area (Å²) in [5, 5.41) is 2.85. The van der Waals surface area contributed by atoms with Gasteiger partial charge >= 0.3 is 0 Å². The van der Waals surface area contributed by atoms with E-state index in [0.717, 1.165) is 6.42 Å². The van der Waals surface area contributed by atoms with Crippen LogP contribution in [0.5, 0.6) is 0 Å². The van der Waals surface area contributed by atoms with Crippen LogP contribution < -0.4 is 5.32 Å². The first-order valence-electron chi connectivity index (χ1n) is 5.62. The standard InChI is InChI=1S/C8H10.C6H5ClN2O/c1-2-8-6-4-3-5-7-8;7-6-2-1-5(3-8-6)9-4-10/h3-7H,2H2,1H3;1-4H,(H,9,10). The summed E-state index contributed by atoms with van der Waals surface area (Å²) in [6, 6.07) is 13.7. The maximum atomic E-state index is 9.89. The maximum Gasteiger partial charge on any atom is 0.211 e. The van der Waals surface area contributed by atoms with Gasteiger partial charge in [0.1, 0.15) is 5.15 Å². The minimum Gasteiger partial charge on any atom is -0.327 e. The molecule has 0 radical (unpaired) electrons. The fraction of sp³-hybridized carbons (Fsp3) is 0.143. The van der Waals surface area contributed by atoms with Crippen LogP contribution in [-0.2, 0) is 11.2 Å². The van der Waals surface area contributed by atoms with Gasteiger partial charge in [-0.25, -0.2) is 4.98 Å². The highest BCUT2D eigenvalue weighted by Gasteiger charge is 1.89. The van der Waals surface area contributed by atoms with Crippen LogP contribution in [0, 0.1) is 0 Å². The van der Waals surface area contributed by atoms with Crippen molar-refractivity contribution in [3.05, 3.63) is 59.4 Å². The van der Waals surface area contributed by atoms with Crippen LogP contribution in [0.1, 0.15) is 12.5 Å². The monoisotopic (exact) mass is 262 g/mol. The molecule has 0 spiro atoms. The van der Waals surface area contributed by atoms with Crippen molar-refractivity contribution in [3.8, 4) is 0 Å². The van der Waals surface area contributed by atoms with E-state index in [9.17, 15) is 4.79 Å². The third kappa shape index (κ3) is 5.46. The molecule has 4 heteroatoms. The normalized spacial score (nSPS) is 9.00. The van der Waals surface area contributed by atoms with Crippen LogP contribution in [0.25, 0.3) is 0 Å². The quantitative estimate of drug-likeness (QED) is 0.679. The van der Waals surface area contributed by atoms with Gasteiger partial charge < -0.3 is 5.32 Å². The Bertz CT molecular complexity index is 457. The number of benzene rings is 1. The number of aromatic nitrogens is 1. The topological polar surface area (TPSA) is 42.0 Å². The first-order valence-corrected chi connectivity index (χ1v) is 5.99. The molecule has 0 fully saturated rings. The second kappa shape index (κ2) is 8.25. The van der Waals surface area contributed by atoms with Crippen LogP contribution in [-0.4, -0.2) is 11.4 Å². The molecular formula is C14H15ClN2O. The van der Waals surface area contributed by atoms with Gasteiger partial charge in [-0.15, -0.1) is 0 Å². The molecule has 3 nitrogen and oxygen atoms in total. The van der Waals surface area contributed by atoms with E-state index in [2.05, 4.69) is 41.5 Å². The van der Waals surface area contributed by atoms with E-state index in [1.165, 1.54) is 11.8 Å². The number of hydrogen-bond acceptors (Lipinski definition) is 2. The Morgan fingerprint density at radius 1 is 1.22 bits per heavy atom. The number of halogens is 1. The summed E-state index contributed by atoms with van der Waals surface area (Å²) in [6.45, 7) is 2.16. The lowest BCUT2D eigenvalue weighted by atomic mass is 10.2. The van der Waals surface area contributed by atoms with Crippen molar-refractivity contribution in [1.82, 2.24) is 4.98 Å². The highest BCUT2D eigenvalue weighted by Crippen LogP contribution is 2.07. The number of amides is 1. The lowest BCUT2D eigenvalue weighted by Crippen LogP contribution is -1.93. The fourth-order valence-electron chi connectivity index (χ4n) is 1.24. The Hall–Kier alpha value is -1.87. The Labute approximate surface area is 112 Å². The molecule has 0 bridgehead atoms.